The third-order valence-electron chi connectivity index (χ3n) is 7.41. The third kappa shape index (κ3) is 6.75. The summed E-state index contributed by atoms with van der Waals surface area (Å²) in [5.74, 6) is 2.76. The van der Waals surface area contributed by atoms with E-state index >= 15 is 0 Å². The van der Waals surface area contributed by atoms with E-state index in [1.165, 1.54) is 0 Å². The molecule has 1 heterocycles. The lowest BCUT2D eigenvalue weighted by atomic mass is 9.92. The van der Waals surface area contributed by atoms with Crippen LogP contribution >= 0.6 is 23.2 Å². The Hall–Kier alpha value is -3.39. The van der Waals surface area contributed by atoms with Crippen LogP contribution in [0.25, 0.3) is 5.57 Å². The molecular formula is C32H34Cl2N2O5. The number of benzene rings is 3. The fourth-order valence-electron chi connectivity index (χ4n) is 5.10. The number of rotatable bonds is 11. The van der Waals surface area contributed by atoms with E-state index in [0.717, 1.165) is 47.2 Å². The summed E-state index contributed by atoms with van der Waals surface area (Å²) in [5, 5.41) is 4.36. The van der Waals surface area contributed by atoms with Crippen molar-refractivity contribution in [2.24, 2.45) is 0 Å². The van der Waals surface area contributed by atoms with E-state index in [0.29, 0.717) is 59.2 Å². The van der Waals surface area contributed by atoms with Gasteiger partial charge in [-0.3, -0.25) is 4.79 Å². The number of nitrogens with zero attached hydrogens (tertiary/aromatic N) is 1. The lowest BCUT2D eigenvalue weighted by Gasteiger charge is -2.29. The lowest BCUT2D eigenvalue weighted by molar-refractivity contribution is -0.128. The minimum absolute atomic E-state index is 0.00240. The van der Waals surface area contributed by atoms with Gasteiger partial charge in [-0.05, 0) is 78.9 Å². The van der Waals surface area contributed by atoms with Crippen LogP contribution in [0.15, 0.2) is 60.2 Å². The Morgan fingerprint density at radius 2 is 1.71 bits per heavy atom. The summed E-state index contributed by atoms with van der Waals surface area (Å²) in [6.07, 6.45) is 2.63. The summed E-state index contributed by atoms with van der Waals surface area (Å²) in [6, 6.07) is 17.1. The highest BCUT2D eigenvalue weighted by molar-refractivity contribution is 6.42. The molecule has 0 aromatic heterocycles. The number of hydrogen-bond donors (Lipinski definition) is 1. The van der Waals surface area contributed by atoms with Crippen LogP contribution in [0.3, 0.4) is 0 Å². The van der Waals surface area contributed by atoms with Crippen molar-refractivity contribution >= 4 is 34.7 Å². The van der Waals surface area contributed by atoms with Crippen molar-refractivity contribution < 1.29 is 23.7 Å². The summed E-state index contributed by atoms with van der Waals surface area (Å²) in [5.41, 5.74) is 4.30. The van der Waals surface area contributed by atoms with Gasteiger partial charge in [-0.1, -0.05) is 35.3 Å². The van der Waals surface area contributed by atoms with Crippen LogP contribution < -0.4 is 24.3 Å². The number of amides is 1. The second-order valence-electron chi connectivity index (χ2n) is 10.1. The van der Waals surface area contributed by atoms with Crippen molar-refractivity contribution in [1.29, 1.82) is 0 Å². The number of hydrogen-bond acceptors (Lipinski definition) is 6. The second-order valence-corrected chi connectivity index (χ2v) is 10.9. The molecule has 1 aliphatic heterocycles. The van der Waals surface area contributed by atoms with Gasteiger partial charge in [0.05, 0.1) is 31.4 Å². The van der Waals surface area contributed by atoms with E-state index in [1.807, 2.05) is 53.4 Å². The van der Waals surface area contributed by atoms with Crippen LogP contribution in [0.4, 0.5) is 0 Å². The summed E-state index contributed by atoms with van der Waals surface area (Å²) in [4.78, 5) is 16.1. The highest BCUT2D eigenvalue weighted by Crippen LogP contribution is 2.38. The molecular weight excluding hydrogens is 563 g/mol. The molecule has 1 amide bonds. The normalized spacial score (nSPS) is 15.0. The smallest absolute Gasteiger partial charge is 0.251 e. The molecule has 1 aliphatic carbocycles. The number of ether oxygens (including phenoxy) is 4. The van der Waals surface area contributed by atoms with Gasteiger partial charge < -0.3 is 29.2 Å². The van der Waals surface area contributed by atoms with Gasteiger partial charge in [-0.25, -0.2) is 0 Å². The van der Waals surface area contributed by atoms with Gasteiger partial charge in [0.15, 0.2) is 0 Å². The molecule has 1 saturated carbocycles. The van der Waals surface area contributed by atoms with Crippen molar-refractivity contribution in [3.8, 4) is 23.0 Å². The van der Waals surface area contributed by atoms with Crippen LogP contribution in [-0.4, -0.2) is 51.3 Å². The van der Waals surface area contributed by atoms with E-state index in [9.17, 15) is 4.79 Å². The zero-order valence-electron chi connectivity index (χ0n) is 23.5. The number of carbonyl (C=O) groups excluding carboxylic acids is 1. The Bertz CT molecular complexity index is 1430. The summed E-state index contributed by atoms with van der Waals surface area (Å²) in [7, 11) is 4.88. The van der Waals surface area contributed by atoms with Gasteiger partial charge >= 0.3 is 0 Å². The first kappa shape index (κ1) is 29.1. The van der Waals surface area contributed by atoms with E-state index in [1.54, 1.807) is 27.4 Å². The minimum atomic E-state index is 0.00240. The first-order valence-electron chi connectivity index (χ1n) is 13.6. The first-order valence-corrected chi connectivity index (χ1v) is 14.4. The molecule has 7 nitrogen and oxygen atoms in total. The van der Waals surface area contributed by atoms with Gasteiger partial charge in [0.2, 0.25) is 0 Å². The molecule has 0 radical (unpaired) electrons. The molecule has 41 heavy (non-hydrogen) atoms. The maximum Gasteiger partial charge on any atom is 0.251 e. The molecule has 2 aliphatic rings. The summed E-state index contributed by atoms with van der Waals surface area (Å²) in [6.45, 7) is 1.96. The topological polar surface area (TPSA) is 69.3 Å². The maximum atomic E-state index is 14.1. The Kier molecular flexibility index (Phi) is 9.28. The predicted octanol–water partition coefficient (Wildman–Crippen LogP) is 6.54. The standard InChI is InChI=1S/C32H34Cl2N2O5/c1-38-24-13-20(14-25(15-24)39-2)19-41-23-9-10-30(40-3)27(16-23)26-11-12-35-17-28(26)32(37)36(22-7-8-22)18-21-5-4-6-29(33)31(21)34/h4-6,9-10,13-16,22,35H,7-8,11-12,17-19H2,1-3H3. The number of carbonyl (C=O) groups is 1. The highest BCUT2D eigenvalue weighted by atomic mass is 35.5. The Labute approximate surface area is 250 Å². The van der Waals surface area contributed by atoms with Gasteiger partial charge in [-0.2, -0.15) is 0 Å². The van der Waals surface area contributed by atoms with E-state index < -0.39 is 0 Å². The third-order valence-corrected chi connectivity index (χ3v) is 8.27. The maximum absolute atomic E-state index is 14.1. The van der Waals surface area contributed by atoms with E-state index in [4.69, 9.17) is 42.1 Å². The predicted molar refractivity (Wildman–Crippen MR) is 161 cm³/mol. The van der Waals surface area contributed by atoms with Crippen molar-refractivity contribution in [2.75, 3.05) is 34.4 Å². The molecule has 0 bridgehead atoms. The number of methoxy groups -OCH3 is 3. The van der Waals surface area contributed by atoms with Crippen molar-refractivity contribution in [1.82, 2.24) is 10.2 Å². The van der Waals surface area contributed by atoms with Crippen LogP contribution in [0.1, 0.15) is 36.0 Å². The van der Waals surface area contributed by atoms with Crippen LogP contribution in [-0.2, 0) is 17.9 Å². The molecule has 0 spiro atoms. The number of nitrogens with one attached hydrogen (secondary N) is 1. The summed E-state index contributed by atoms with van der Waals surface area (Å²) < 4.78 is 22.7. The van der Waals surface area contributed by atoms with Gasteiger partial charge in [0.25, 0.3) is 5.91 Å². The minimum Gasteiger partial charge on any atom is -0.497 e. The Morgan fingerprint density at radius 3 is 2.39 bits per heavy atom. The van der Waals surface area contributed by atoms with E-state index in [-0.39, 0.29) is 11.9 Å². The molecule has 0 saturated heterocycles. The Balaban J connectivity index is 1.45. The first-order chi connectivity index (χ1) is 19.9. The lowest BCUT2D eigenvalue weighted by Crippen LogP contribution is -2.39. The Morgan fingerprint density at radius 1 is 0.951 bits per heavy atom. The van der Waals surface area contributed by atoms with Gasteiger partial charge in [0, 0.05) is 36.3 Å². The largest absolute Gasteiger partial charge is 0.497 e. The fraction of sp³-hybridized carbons (Fsp3) is 0.344. The average Bonchev–Trinajstić information content (AvgIpc) is 3.85. The van der Waals surface area contributed by atoms with Crippen LogP contribution in [0.5, 0.6) is 23.0 Å². The van der Waals surface area contributed by atoms with Crippen LogP contribution in [0.2, 0.25) is 10.0 Å². The quantitative estimate of drug-likeness (QED) is 0.271. The highest BCUT2D eigenvalue weighted by Gasteiger charge is 2.36. The molecule has 1 N–H and O–H groups in total. The van der Waals surface area contributed by atoms with Gasteiger partial charge in [-0.15, -0.1) is 0 Å². The SMILES string of the molecule is COc1cc(COc2ccc(OC)c(C3=C(C(=O)N(Cc4cccc(Cl)c4Cl)C4CC4)CNCC3)c2)cc(OC)c1. The molecule has 0 atom stereocenters. The molecule has 5 rings (SSSR count). The molecule has 3 aromatic rings. The molecule has 216 valence electrons. The van der Waals surface area contributed by atoms with Crippen LogP contribution in [0, 0.1) is 0 Å². The molecule has 3 aromatic carbocycles. The summed E-state index contributed by atoms with van der Waals surface area (Å²) >= 11 is 12.8. The van der Waals surface area contributed by atoms with Gasteiger partial charge in [0.1, 0.15) is 29.6 Å². The van der Waals surface area contributed by atoms with Crippen molar-refractivity contribution in [2.45, 2.75) is 38.5 Å². The average molecular weight is 598 g/mol. The number of halogens is 2. The molecule has 1 fully saturated rings. The molecule has 9 heteroatoms. The zero-order valence-corrected chi connectivity index (χ0v) is 25.0. The van der Waals surface area contributed by atoms with Crippen molar-refractivity contribution in [3.63, 3.8) is 0 Å². The van der Waals surface area contributed by atoms with E-state index in [2.05, 4.69) is 5.32 Å². The molecule has 0 unspecified atom stereocenters. The second kappa shape index (κ2) is 13.1. The fourth-order valence-corrected chi connectivity index (χ4v) is 5.48. The monoisotopic (exact) mass is 596 g/mol. The zero-order chi connectivity index (χ0) is 28.9. The van der Waals surface area contributed by atoms with Crippen molar-refractivity contribution in [3.05, 3.63) is 86.9 Å².